The second kappa shape index (κ2) is 5.79. The lowest BCUT2D eigenvalue weighted by atomic mass is 9.66. The predicted molar refractivity (Wildman–Crippen MR) is 78.7 cm³/mol. The molecule has 1 fully saturated rings. The third-order valence-electron chi connectivity index (χ3n) is 4.38. The fraction of sp³-hybridized carbons (Fsp3) is 0.867. The first-order valence-corrected chi connectivity index (χ1v) is 7.05. The van der Waals surface area contributed by atoms with Crippen molar-refractivity contribution in [3.8, 4) is 0 Å². The van der Waals surface area contributed by atoms with Gasteiger partial charge in [-0.1, -0.05) is 26.3 Å². The van der Waals surface area contributed by atoms with Crippen LogP contribution in [0.15, 0.2) is 12.7 Å². The van der Waals surface area contributed by atoms with Crippen LogP contribution in [0.2, 0.25) is 5.82 Å². The van der Waals surface area contributed by atoms with Gasteiger partial charge in [-0.05, 0) is 52.2 Å². The van der Waals surface area contributed by atoms with Crippen molar-refractivity contribution in [3.63, 3.8) is 0 Å². The van der Waals surface area contributed by atoms with Gasteiger partial charge in [-0.3, -0.25) is 0 Å². The Morgan fingerprint density at radius 3 is 2.17 bits per heavy atom. The molecule has 0 amide bonds. The highest BCUT2D eigenvalue weighted by Crippen LogP contribution is 2.42. The van der Waals surface area contributed by atoms with Crippen molar-refractivity contribution in [1.29, 1.82) is 0 Å². The van der Waals surface area contributed by atoms with Crippen LogP contribution in [0.25, 0.3) is 0 Å². The molecule has 0 aromatic heterocycles. The van der Waals surface area contributed by atoms with Gasteiger partial charge < -0.3 is 9.31 Å². The third-order valence-corrected chi connectivity index (χ3v) is 4.38. The maximum Gasteiger partial charge on any atom is 0.461 e. The summed E-state index contributed by atoms with van der Waals surface area (Å²) >= 11 is 0. The van der Waals surface area contributed by atoms with Crippen LogP contribution in [0, 0.1) is 5.92 Å². The van der Waals surface area contributed by atoms with Crippen molar-refractivity contribution in [2.45, 2.75) is 77.8 Å². The number of allylic oxidation sites excluding steroid dienone is 1. The fourth-order valence-corrected chi connectivity index (χ4v) is 2.15. The van der Waals surface area contributed by atoms with Gasteiger partial charge in [-0.25, -0.2) is 0 Å². The second-order valence-electron chi connectivity index (χ2n) is 6.47. The molecule has 0 aromatic carbocycles. The van der Waals surface area contributed by atoms with Gasteiger partial charge in [0.25, 0.3) is 0 Å². The summed E-state index contributed by atoms with van der Waals surface area (Å²) in [4.78, 5) is 0. The molecule has 3 atom stereocenters. The van der Waals surface area contributed by atoms with Gasteiger partial charge in [-0.15, -0.1) is 6.58 Å². The smallest absolute Gasteiger partial charge is 0.403 e. The molecule has 2 nitrogen and oxygen atoms in total. The minimum atomic E-state index is -0.344. The summed E-state index contributed by atoms with van der Waals surface area (Å²) in [5, 5.41) is 0. The maximum atomic E-state index is 8.19. The summed E-state index contributed by atoms with van der Waals surface area (Å²) in [5.41, 5.74) is -0.654. The molecule has 3 heteroatoms. The van der Waals surface area contributed by atoms with Crippen molar-refractivity contribution >= 4 is 7.12 Å². The van der Waals surface area contributed by atoms with Gasteiger partial charge in [-0.2, -0.15) is 0 Å². The molecule has 0 aromatic rings. The normalized spacial score (nSPS) is 27.4. The molecule has 18 heavy (non-hydrogen) atoms. The highest BCUT2D eigenvalue weighted by atomic mass is 16.7. The lowest BCUT2D eigenvalue weighted by Gasteiger charge is -2.32. The average Bonchev–Trinajstić information content (AvgIpc) is 2.53. The molecular formula is C15H29BO2. The maximum absolute atomic E-state index is 8.19. The number of hydrogen-bond donors (Lipinski definition) is 0. The van der Waals surface area contributed by atoms with E-state index in [0.717, 1.165) is 12.8 Å². The van der Waals surface area contributed by atoms with Gasteiger partial charge in [0.1, 0.15) is 0 Å². The van der Waals surface area contributed by atoms with E-state index in [1.165, 1.54) is 0 Å². The van der Waals surface area contributed by atoms with Gasteiger partial charge in [0, 0.05) is 1.37 Å². The van der Waals surface area contributed by atoms with E-state index in [9.17, 15) is 0 Å². The Hall–Kier alpha value is -0.275. The molecule has 0 aliphatic carbocycles. The van der Waals surface area contributed by atoms with E-state index in [-0.39, 0.29) is 30.5 Å². The van der Waals surface area contributed by atoms with E-state index in [4.69, 9.17) is 10.7 Å². The van der Waals surface area contributed by atoms with Crippen LogP contribution in [0.5, 0.6) is 0 Å². The standard InChI is InChI=1S/C15H29BO2/c1-8-10-13(11-12(3)9-2)16-17-14(4,5)15(6,7)18-16/h8,12-13H,1,9-11H2,2-7H3/i10D. The summed E-state index contributed by atoms with van der Waals surface area (Å²) < 4.78 is 20.4. The van der Waals surface area contributed by atoms with E-state index >= 15 is 0 Å². The monoisotopic (exact) mass is 253 g/mol. The third kappa shape index (κ3) is 3.39. The van der Waals surface area contributed by atoms with E-state index < -0.39 is 0 Å². The van der Waals surface area contributed by atoms with Crippen molar-refractivity contribution in [1.82, 2.24) is 0 Å². The van der Waals surface area contributed by atoms with Gasteiger partial charge in [0.2, 0.25) is 0 Å². The molecular weight excluding hydrogens is 223 g/mol. The van der Waals surface area contributed by atoms with Gasteiger partial charge >= 0.3 is 7.12 Å². The van der Waals surface area contributed by atoms with Crippen LogP contribution in [0.4, 0.5) is 0 Å². The Kier molecular flexibility index (Phi) is 4.55. The van der Waals surface area contributed by atoms with Crippen LogP contribution in [-0.4, -0.2) is 18.3 Å². The zero-order chi connectivity index (χ0) is 14.8. The molecule has 1 rings (SSSR count). The first-order chi connectivity index (χ1) is 8.64. The highest BCUT2D eigenvalue weighted by Gasteiger charge is 2.53. The van der Waals surface area contributed by atoms with Crippen LogP contribution in [0.3, 0.4) is 0 Å². The first kappa shape index (κ1) is 14.1. The molecule has 1 saturated heterocycles. The SMILES string of the molecule is [2H]C(C=C)C(CC(C)CC)B1OC(C)(C)C(C)(C)O1. The molecule has 3 unspecified atom stereocenters. The van der Waals surface area contributed by atoms with E-state index in [1.54, 1.807) is 6.08 Å². The molecule has 1 aliphatic rings. The van der Waals surface area contributed by atoms with Gasteiger partial charge in [0.15, 0.2) is 0 Å². The van der Waals surface area contributed by atoms with Crippen molar-refractivity contribution in [3.05, 3.63) is 12.7 Å². The molecule has 1 heterocycles. The minimum Gasteiger partial charge on any atom is -0.403 e. The van der Waals surface area contributed by atoms with Crippen LogP contribution in [0.1, 0.15) is 62.2 Å². The van der Waals surface area contributed by atoms with Crippen LogP contribution in [-0.2, 0) is 9.31 Å². The molecule has 104 valence electrons. The second-order valence-corrected chi connectivity index (χ2v) is 6.47. The topological polar surface area (TPSA) is 18.5 Å². The summed E-state index contributed by atoms with van der Waals surface area (Å²) in [6, 6.07) is 0. The quantitative estimate of drug-likeness (QED) is 0.514. The van der Waals surface area contributed by atoms with Crippen molar-refractivity contribution in [2.24, 2.45) is 5.92 Å². The summed E-state index contributed by atoms with van der Waals surface area (Å²) in [6.07, 6.45) is 3.40. The van der Waals surface area contributed by atoms with Crippen LogP contribution >= 0.6 is 0 Å². The Labute approximate surface area is 115 Å². The highest BCUT2D eigenvalue weighted by molar-refractivity contribution is 6.47. The van der Waals surface area contributed by atoms with Crippen molar-refractivity contribution in [2.75, 3.05) is 0 Å². The fourth-order valence-electron chi connectivity index (χ4n) is 2.15. The summed E-state index contributed by atoms with van der Waals surface area (Å²) in [7, 11) is -0.306. The van der Waals surface area contributed by atoms with Crippen LogP contribution < -0.4 is 0 Å². The average molecular weight is 253 g/mol. The molecule has 0 N–H and O–H groups in total. The Bertz CT molecular complexity index is 301. The van der Waals surface area contributed by atoms with E-state index in [1.807, 2.05) is 0 Å². The number of hydrogen-bond acceptors (Lipinski definition) is 2. The Balaban J connectivity index is 2.86. The van der Waals surface area contributed by atoms with Gasteiger partial charge in [0.05, 0.1) is 11.2 Å². The summed E-state index contributed by atoms with van der Waals surface area (Å²) in [6.45, 7) is 16.4. The van der Waals surface area contributed by atoms with E-state index in [0.29, 0.717) is 5.92 Å². The molecule has 1 aliphatic heterocycles. The summed E-state index contributed by atoms with van der Waals surface area (Å²) in [5.74, 6) is 0.616. The first-order valence-electron chi connectivity index (χ1n) is 7.62. The molecule has 0 bridgehead atoms. The Morgan fingerprint density at radius 1 is 1.28 bits per heavy atom. The molecule has 0 radical (unpaired) electrons. The molecule has 0 saturated carbocycles. The largest absolute Gasteiger partial charge is 0.461 e. The lowest BCUT2D eigenvalue weighted by Crippen LogP contribution is -2.41. The van der Waals surface area contributed by atoms with E-state index in [2.05, 4.69) is 48.1 Å². The zero-order valence-electron chi connectivity index (χ0n) is 13.8. The minimum absolute atomic E-state index is 0.0495. The lowest BCUT2D eigenvalue weighted by molar-refractivity contribution is 0.00578. The number of rotatable bonds is 6. The molecule has 0 spiro atoms. The Morgan fingerprint density at radius 2 is 1.78 bits per heavy atom. The zero-order valence-corrected chi connectivity index (χ0v) is 12.8. The predicted octanol–water partition coefficient (Wildman–Crippen LogP) is 4.46. The van der Waals surface area contributed by atoms with Crippen molar-refractivity contribution < 1.29 is 10.7 Å².